The molecule has 26 heavy (non-hydrogen) atoms. The maximum absolute atomic E-state index is 12.7. The second-order valence-electron chi connectivity index (χ2n) is 6.20. The molecule has 0 unspecified atom stereocenters. The van der Waals surface area contributed by atoms with Gasteiger partial charge in [-0.2, -0.15) is 16.9 Å². The Morgan fingerprint density at radius 1 is 1.12 bits per heavy atom. The summed E-state index contributed by atoms with van der Waals surface area (Å²) in [5.74, 6) is 3.13. The first kappa shape index (κ1) is 16.7. The number of hydrogen-bond donors (Lipinski definition) is 1. The first-order valence-corrected chi connectivity index (χ1v) is 9.52. The van der Waals surface area contributed by atoms with Gasteiger partial charge in [-0.05, 0) is 43.3 Å². The predicted molar refractivity (Wildman–Crippen MR) is 104 cm³/mol. The molecule has 0 saturated heterocycles. The molecule has 0 aliphatic carbocycles. The lowest BCUT2D eigenvalue weighted by atomic mass is 10.1. The van der Waals surface area contributed by atoms with Crippen molar-refractivity contribution in [2.75, 3.05) is 12.4 Å². The van der Waals surface area contributed by atoms with Crippen molar-refractivity contribution in [1.29, 1.82) is 0 Å². The average molecular weight is 365 g/mol. The lowest BCUT2D eigenvalue weighted by Gasteiger charge is -2.12. The number of benzene rings is 2. The first-order valence-electron chi connectivity index (χ1n) is 8.36. The molecule has 6 heteroatoms. The molecule has 0 fully saturated rings. The van der Waals surface area contributed by atoms with E-state index in [1.807, 2.05) is 71.9 Å². The van der Waals surface area contributed by atoms with Crippen molar-refractivity contribution in [1.82, 2.24) is 9.78 Å². The molecule has 1 amide bonds. The molecular formula is C20H19N3O2S. The molecule has 132 valence electrons. The molecule has 1 aliphatic heterocycles. The predicted octanol–water partition coefficient (Wildman–Crippen LogP) is 4.19. The Morgan fingerprint density at radius 3 is 2.54 bits per heavy atom. The van der Waals surface area contributed by atoms with Gasteiger partial charge in [-0.1, -0.05) is 17.7 Å². The number of anilines is 1. The van der Waals surface area contributed by atoms with Crippen LogP contribution in [-0.2, 0) is 11.5 Å². The van der Waals surface area contributed by atoms with Crippen molar-refractivity contribution in [3.8, 4) is 11.4 Å². The van der Waals surface area contributed by atoms with Crippen molar-refractivity contribution in [3.05, 3.63) is 70.9 Å². The van der Waals surface area contributed by atoms with E-state index in [4.69, 9.17) is 9.84 Å². The molecule has 4 rings (SSSR count). The molecule has 2 heterocycles. The van der Waals surface area contributed by atoms with Gasteiger partial charge in [0, 0.05) is 22.6 Å². The second kappa shape index (κ2) is 6.88. The zero-order valence-electron chi connectivity index (χ0n) is 14.7. The van der Waals surface area contributed by atoms with Gasteiger partial charge in [0.1, 0.15) is 11.6 Å². The van der Waals surface area contributed by atoms with Crippen LogP contribution in [0.25, 0.3) is 5.69 Å². The average Bonchev–Trinajstić information content (AvgIpc) is 3.25. The van der Waals surface area contributed by atoms with E-state index in [0.29, 0.717) is 5.56 Å². The largest absolute Gasteiger partial charge is 0.497 e. The minimum atomic E-state index is -0.126. The lowest BCUT2D eigenvalue weighted by molar-refractivity contribution is 0.102. The number of rotatable bonds is 4. The SMILES string of the molecule is COc1ccc(-n2nc3c(c2NC(=O)c2ccc(C)cc2)CSC3)cc1. The Balaban J connectivity index is 1.70. The summed E-state index contributed by atoms with van der Waals surface area (Å²) in [6.45, 7) is 2.00. The van der Waals surface area contributed by atoms with Gasteiger partial charge in [-0.3, -0.25) is 4.79 Å². The van der Waals surface area contributed by atoms with Crippen molar-refractivity contribution >= 4 is 23.5 Å². The van der Waals surface area contributed by atoms with Gasteiger partial charge in [-0.25, -0.2) is 4.68 Å². The standard InChI is InChI=1S/C20H19N3O2S/c1-13-3-5-14(6-4-13)20(24)21-19-17-11-26-12-18(17)22-23(19)15-7-9-16(25-2)10-8-15/h3-10H,11-12H2,1-2H3,(H,21,24). The zero-order chi connectivity index (χ0) is 18.1. The number of fused-ring (bicyclic) bond motifs is 1. The minimum Gasteiger partial charge on any atom is -0.497 e. The highest BCUT2D eigenvalue weighted by molar-refractivity contribution is 7.98. The summed E-state index contributed by atoms with van der Waals surface area (Å²) in [6, 6.07) is 15.2. The molecular weight excluding hydrogens is 346 g/mol. The fourth-order valence-electron chi connectivity index (χ4n) is 2.94. The Hall–Kier alpha value is -2.73. The van der Waals surface area contributed by atoms with Crippen molar-refractivity contribution in [2.45, 2.75) is 18.4 Å². The molecule has 0 saturated carbocycles. The second-order valence-corrected chi connectivity index (χ2v) is 7.18. The number of aryl methyl sites for hydroxylation is 1. The minimum absolute atomic E-state index is 0.126. The lowest BCUT2D eigenvalue weighted by Crippen LogP contribution is -2.16. The monoisotopic (exact) mass is 365 g/mol. The highest BCUT2D eigenvalue weighted by Gasteiger charge is 2.25. The maximum Gasteiger partial charge on any atom is 0.256 e. The van der Waals surface area contributed by atoms with Crippen LogP contribution in [0.3, 0.4) is 0 Å². The number of hydrogen-bond acceptors (Lipinski definition) is 4. The third-order valence-corrected chi connectivity index (χ3v) is 5.38. The van der Waals surface area contributed by atoms with Crippen molar-refractivity contribution in [3.63, 3.8) is 0 Å². The summed E-state index contributed by atoms with van der Waals surface area (Å²) in [5.41, 5.74) is 4.79. The number of carbonyl (C=O) groups is 1. The zero-order valence-corrected chi connectivity index (χ0v) is 15.5. The Morgan fingerprint density at radius 2 is 1.85 bits per heavy atom. The third kappa shape index (κ3) is 3.08. The van der Waals surface area contributed by atoms with E-state index in [0.717, 1.165) is 45.6 Å². The summed E-state index contributed by atoms with van der Waals surface area (Å²) in [5, 5.41) is 7.79. The fraction of sp³-hybridized carbons (Fsp3) is 0.200. The molecule has 2 aromatic carbocycles. The van der Waals surface area contributed by atoms with Gasteiger partial charge in [0.15, 0.2) is 0 Å². The van der Waals surface area contributed by atoms with Gasteiger partial charge in [0.2, 0.25) is 0 Å². The van der Waals surface area contributed by atoms with Crippen LogP contribution in [0.1, 0.15) is 27.2 Å². The number of amides is 1. The van der Waals surface area contributed by atoms with Crippen molar-refractivity contribution in [2.24, 2.45) is 0 Å². The Kier molecular flexibility index (Phi) is 4.42. The summed E-state index contributed by atoms with van der Waals surface area (Å²) >= 11 is 1.81. The number of nitrogens with one attached hydrogen (secondary N) is 1. The van der Waals surface area contributed by atoms with Crippen LogP contribution in [0, 0.1) is 6.92 Å². The van der Waals surface area contributed by atoms with Gasteiger partial charge in [-0.15, -0.1) is 0 Å². The van der Waals surface area contributed by atoms with Gasteiger partial charge >= 0.3 is 0 Å². The van der Waals surface area contributed by atoms with Gasteiger partial charge in [0.05, 0.1) is 18.5 Å². The van der Waals surface area contributed by atoms with E-state index in [9.17, 15) is 4.79 Å². The van der Waals surface area contributed by atoms with Crippen LogP contribution in [-0.4, -0.2) is 22.8 Å². The quantitative estimate of drug-likeness (QED) is 0.753. The smallest absolute Gasteiger partial charge is 0.256 e. The number of ether oxygens (including phenoxy) is 1. The highest BCUT2D eigenvalue weighted by Crippen LogP contribution is 2.36. The normalized spacial score (nSPS) is 12.7. The summed E-state index contributed by atoms with van der Waals surface area (Å²) in [7, 11) is 1.64. The molecule has 1 N–H and O–H groups in total. The van der Waals surface area contributed by atoms with E-state index in [2.05, 4.69) is 5.32 Å². The van der Waals surface area contributed by atoms with Crippen LogP contribution in [0.5, 0.6) is 5.75 Å². The fourth-order valence-corrected chi connectivity index (χ4v) is 3.97. The molecule has 0 atom stereocenters. The molecule has 0 radical (unpaired) electrons. The Bertz CT molecular complexity index is 946. The van der Waals surface area contributed by atoms with Gasteiger partial charge < -0.3 is 10.1 Å². The first-order chi connectivity index (χ1) is 12.7. The van der Waals surface area contributed by atoms with Crippen molar-refractivity contribution < 1.29 is 9.53 Å². The van der Waals surface area contributed by atoms with E-state index in [1.54, 1.807) is 7.11 Å². The van der Waals surface area contributed by atoms with Crippen LogP contribution in [0.2, 0.25) is 0 Å². The maximum atomic E-state index is 12.7. The molecule has 1 aliphatic rings. The number of methoxy groups -OCH3 is 1. The molecule has 1 aromatic heterocycles. The van der Waals surface area contributed by atoms with E-state index in [1.165, 1.54) is 0 Å². The summed E-state index contributed by atoms with van der Waals surface area (Å²) in [6.07, 6.45) is 0. The topological polar surface area (TPSA) is 56.1 Å². The third-order valence-electron chi connectivity index (χ3n) is 4.41. The number of thioether (sulfide) groups is 1. The highest BCUT2D eigenvalue weighted by atomic mass is 32.2. The molecule has 3 aromatic rings. The van der Waals surface area contributed by atoms with Crippen LogP contribution in [0.15, 0.2) is 48.5 Å². The van der Waals surface area contributed by atoms with E-state index in [-0.39, 0.29) is 5.91 Å². The van der Waals surface area contributed by atoms with Crippen LogP contribution < -0.4 is 10.1 Å². The van der Waals surface area contributed by atoms with Crippen LogP contribution in [0.4, 0.5) is 5.82 Å². The summed E-state index contributed by atoms with van der Waals surface area (Å²) in [4.78, 5) is 12.7. The molecule has 0 spiro atoms. The van der Waals surface area contributed by atoms with E-state index < -0.39 is 0 Å². The van der Waals surface area contributed by atoms with E-state index >= 15 is 0 Å². The number of aromatic nitrogens is 2. The van der Waals surface area contributed by atoms with Gasteiger partial charge in [0.25, 0.3) is 5.91 Å². The number of carbonyl (C=O) groups excluding carboxylic acids is 1. The van der Waals surface area contributed by atoms with Crippen LogP contribution >= 0.6 is 11.8 Å². The number of nitrogens with zero attached hydrogens (tertiary/aromatic N) is 2. The molecule has 5 nitrogen and oxygen atoms in total. The molecule has 0 bridgehead atoms. The summed E-state index contributed by atoms with van der Waals surface area (Å²) < 4.78 is 7.04. The Labute approximate surface area is 156 Å².